The summed E-state index contributed by atoms with van der Waals surface area (Å²) in [5.41, 5.74) is 1.20. The number of aliphatic hydroxyl groups is 1. The Morgan fingerprint density at radius 1 is 1.24 bits per heavy atom. The molecule has 0 aliphatic carbocycles. The molecule has 0 heterocycles. The normalized spacial score (nSPS) is 12.1. The third-order valence-corrected chi connectivity index (χ3v) is 3.39. The SMILES string of the molecule is CC(O)CN(C)C(=O)NCCc1ccc2ccccc2c1. The highest BCUT2D eigenvalue weighted by atomic mass is 16.3. The highest BCUT2D eigenvalue weighted by Crippen LogP contribution is 2.15. The lowest BCUT2D eigenvalue weighted by molar-refractivity contribution is 0.144. The van der Waals surface area contributed by atoms with E-state index >= 15 is 0 Å². The van der Waals surface area contributed by atoms with Crippen LogP contribution in [0.25, 0.3) is 10.8 Å². The van der Waals surface area contributed by atoms with Crippen LogP contribution in [-0.2, 0) is 6.42 Å². The molecule has 2 rings (SSSR count). The molecular formula is C17H22N2O2. The minimum Gasteiger partial charge on any atom is -0.392 e. The number of carbonyl (C=O) groups is 1. The second kappa shape index (κ2) is 7.09. The van der Waals surface area contributed by atoms with E-state index < -0.39 is 6.10 Å². The van der Waals surface area contributed by atoms with Crippen molar-refractivity contribution < 1.29 is 9.90 Å². The number of nitrogens with zero attached hydrogens (tertiary/aromatic N) is 1. The fourth-order valence-corrected chi connectivity index (χ4v) is 2.32. The number of fused-ring (bicyclic) bond motifs is 1. The summed E-state index contributed by atoms with van der Waals surface area (Å²) in [7, 11) is 1.68. The van der Waals surface area contributed by atoms with E-state index in [1.807, 2.05) is 12.1 Å². The number of aliphatic hydroxyl groups excluding tert-OH is 1. The predicted molar refractivity (Wildman–Crippen MR) is 85.4 cm³/mol. The van der Waals surface area contributed by atoms with E-state index in [4.69, 9.17) is 0 Å². The van der Waals surface area contributed by atoms with Crippen molar-refractivity contribution in [1.29, 1.82) is 0 Å². The van der Waals surface area contributed by atoms with E-state index in [2.05, 4.69) is 35.6 Å². The summed E-state index contributed by atoms with van der Waals surface area (Å²) < 4.78 is 0. The number of nitrogens with one attached hydrogen (secondary N) is 1. The first-order valence-corrected chi connectivity index (χ1v) is 7.21. The monoisotopic (exact) mass is 286 g/mol. The lowest BCUT2D eigenvalue weighted by Gasteiger charge is -2.19. The lowest BCUT2D eigenvalue weighted by atomic mass is 10.1. The van der Waals surface area contributed by atoms with Crippen LogP contribution in [0.15, 0.2) is 42.5 Å². The van der Waals surface area contributed by atoms with E-state index in [0.717, 1.165) is 6.42 Å². The molecule has 1 atom stereocenters. The second-order valence-corrected chi connectivity index (χ2v) is 5.39. The zero-order chi connectivity index (χ0) is 15.2. The fraction of sp³-hybridized carbons (Fsp3) is 0.353. The fourth-order valence-electron chi connectivity index (χ4n) is 2.32. The van der Waals surface area contributed by atoms with Crippen LogP contribution in [0.1, 0.15) is 12.5 Å². The van der Waals surface area contributed by atoms with E-state index in [1.165, 1.54) is 21.2 Å². The van der Waals surface area contributed by atoms with Crippen molar-refractivity contribution in [2.45, 2.75) is 19.4 Å². The molecule has 0 saturated carbocycles. The molecule has 0 saturated heterocycles. The van der Waals surface area contributed by atoms with Gasteiger partial charge >= 0.3 is 6.03 Å². The van der Waals surface area contributed by atoms with Gasteiger partial charge in [-0.25, -0.2) is 4.79 Å². The maximum Gasteiger partial charge on any atom is 0.317 e. The molecule has 2 aromatic carbocycles. The van der Waals surface area contributed by atoms with Crippen molar-refractivity contribution in [2.24, 2.45) is 0 Å². The zero-order valence-corrected chi connectivity index (χ0v) is 12.5. The van der Waals surface area contributed by atoms with Crippen molar-refractivity contribution in [1.82, 2.24) is 10.2 Å². The topological polar surface area (TPSA) is 52.6 Å². The van der Waals surface area contributed by atoms with Gasteiger partial charge in [0.2, 0.25) is 0 Å². The van der Waals surface area contributed by atoms with Gasteiger partial charge in [-0.3, -0.25) is 0 Å². The summed E-state index contributed by atoms with van der Waals surface area (Å²) in [6, 6.07) is 14.4. The predicted octanol–water partition coefficient (Wildman–Crippen LogP) is 2.40. The Kier molecular flexibility index (Phi) is 5.17. The van der Waals surface area contributed by atoms with Gasteiger partial charge in [-0.05, 0) is 29.7 Å². The van der Waals surface area contributed by atoms with Crippen molar-refractivity contribution in [3.63, 3.8) is 0 Å². The van der Waals surface area contributed by atoms with Crippen LogP contribution in [-0.4, -0.2) is 42.3 Å². The third kappa shape index (κ3) is 4.46. The molecule has 0 spiro atoms. The molecule has 0 aliphatic heterocycles. The van der Waals surface area contributed by atoms with Gasteiger partial charge in [-0.1, -0.05) is 42.5 Å². The molecule has 0 aliphatic rings. The Balaban J connectivity index is 1.86. The van der Waals surface area contributed by atoms with Crippen LogP contribution in [0.4, 0.5) is 4.79 Å². The summed E-state index contributed by atoms with van der Waals surface area (Å²) in [5, 5.41) is 14.6. The summed E-state index contributed by atoms with van der Waals surface area (Å²) in [5.74, 6) is 0. The molecule has 0 aromatic heterocycles. The average molecular weight is 286 g/mol. The first-order chi connectivity index (χ1) is 10.1. The first-order valence-electron chi connectivity index (χ1n) is 7.21. The summed E-state index contributed by atoms with van der Waals surface area (Å²) >= 11 is 0. The molecule has 2 amide bonds. The minimum atomic E-state index is -0.513. The van der Waals surface area contributed by atoms with Gasteiger partial charge in [0, 0.05) is 20.1 Å². The van der Waals surface area contributed by atoms with Crippen LogP contribution >= 0.6 is 0 Å². The molecule has 0 fully saturated rings. The molecule has 4 heteroatoms. The van der Waals surface area contributed by atoms with Crippen LogP contribution in [0.3, 0.4) is 0 Å². The summed E-state index contributed by atoms with van der Waals surface area (Å²) in [6.07, 6.45) is 0.278. The van der Waals surface area contributed by atoms with Gasteiger partial charge in [-0.15, -0.1) is 0 Å². The van der Waals surface area contributed by atoms with Crippen LogP contribution in [0.5, 0.6) is 0 Å². The minimum absolute atomic E-state index is 0.156. The van der Waals surface area contributed by atoms with Crippen LogP contribution in [0.2, 0.25) is 0 Å². The lowest BCUT2D eigenvalue weighted by Crippen LogP contribution is -2.41. The maximum atomic E-state index is 11.8. The Bertz CT molecular complexity index is 611. The molecule has 2 N–H and O–H groups in total. The highest BCUT2D eigenvalue weighted by Gasteiger charge is 2.09. The summed E-state index contributed by atoms with van der Waals surface area (Å²) in [6.45, 7) is 2.59. The standard InChI is InChI=1S/C17H22N2O2/c1-13(20)12-19(2)17(21)18-10-9-14-7-8-15-5-3-4-6-16(15)11-14/h3-8,11,13,20H,9-10,12H2,1-2H3,(H,18,21). The molecule has 2 aromatic rings. The number of amides is 2. The molecule has 4 nitrogen and oxygen atoms in total. The molecule has 0 bridgehead atoms. The number of rotatable bonds is 5. The van der Waals surface area contributed by atoms with E-state index in [9.17, 15) is 9.90 Å². The molecule has 1 unspecified atom stereocenters. The van der Waals surface area contributed by atoms with Gasteiger partial charge in [0.1, 0.15) is 0 Å². The number of urea groups is 1. The van der Waals surface area contributed by atoms with Gasteiger partial charge in [0.15, 0.2) is 0 Å². The Morgan fingerprint density at radius 3 is 2.67 bits per heavy atom. The molecule has 21 heavy (non-hydrogen) atoms. The largest absolute Gasteiger partial charge is 0.392 e. The second-order valence-electron chi connectivity index (χ2n) is 5.39. The smallest absolute Gasteiger partial charge is 0.317 e. The van der Waals surface area contributed by atoms with Crippen molar-refractivity contribution in [3.05, 3.63) is 48.0 Å². The van der Waals surface area contributed by atoms with E-state index in [1.54, 1.807) is 14.0 Å². The third-order valence-electron chi connectivity index (χ3n) is 3.39. The van der Waals surface area contributed by atoms with Gasteiger partial charge in [0.05, 0.1) is 6.10 Å². The average Bonchev–Trinajstić information content (AvgIpc) is 2.46. The molecule has 112 valence electrons. The number of hydrogen-bond acceptors (Lipinski definition) is 2. The van der Waals surface area contributed by atoms with Crippen molar-refractivity contribution >= 4 is 16.8 Å². The van der Waals surface area contributed by atoms with E-state index in [0.29, 0.717) is 13.1 Å². The first kappa shape index (κ1) is 15.3. The van der Waals surface area contributed by atoms with Gasteiger partial charge in [0.25, 0.3) is 0 Å². The highest BCUT2D eigenvalue weighted by molar-refractivity contribution is 5.83. The quantitative estimate of drug-likeness (QED) is 0.887. The number of benzene rings is 2. The summed E-state index contributed by atoms with van der Waals surface area (Å²) in [4.78, 5) is 13.3. The van der Waals surface area contributed by atoms with Gasteiger partial charge in [-0.2, -0.15) is 0 Å². The van der Waals surface area contributed by atoms with E-state index in [-0.39, 0.29) is 6.03 Å². The number of hydrogen-bond donors (Lipinski definition) is 2. The molecule has 0 radical (unpaired) electrons. The number of carbonyl (C=O) groups excluding carboxylic acids is 1. The van der Waals surface area contributed by atoms with Crippen molar-refractivity contribution in [3.8, 4) is 0 Å². The van der Waals surface area contributed by atoms with Crippen molar-refractivity contribution in [2.75, 3.05) is 20.1 Å². The Morgan fingerprint density at radius 2 is 1.95 bits per heavy atom. The van der Waals surface area contributed by atoms with Gasteiger partial charge < -0.3 is 15.3 Å². The van der Waals surface area contributed by atoms with Crippen LogP contribution < -0.4 is 5.32 Å². The number of likely N-dealkylation sites (N-methyl/N-ethyl adjacent to an activating group) is 1. The Labute approximate surface area is 125 Å². The molecular weight excluding hydrogens is 264 g/mol. The maximum absolute atomic E-state index is 11.8. The zero-order valence-electron chi connectivity index (χ0n) is 12.5. The van der Waals surface area contributed by atoms with Crippen LogP contribution in [0, 0.1) is 0 Å². The Hall–Kier alpha value is -2.07.